The number of benzene rings is 8. The van der Waals surface area contributed by atoms with Gasteiger partial charge in [0.2, 0.25) is 11.8 Å². The van der Waals surface area contributed by atoms with Gasteiger partial charge < -0.3 is 13.7 Å². The molecule has 0 radical (unpaired) electrons. The van der Waals surface area contributed by atoms with Crippen molar-refractivity contribution in [3.05, 3.63) is 175 Å². The van der Waals surface area contributed by atoms with E-state index in [4.69, 9.17) is 18.8 Å². The molecule has 8 aromatic carbocycles. The molecule has 0 aliphatic heterocycles. The Kier molecular flexibility index (Phi) is 6.83. The molecule has 0 aliphatic rings. The van der Waals surface area contributed by atoms with Gasteiger partial charge in [0.05, 0.1) is 13.0 Å². The minimum atomic E-state index is 0.370. The van der Waals surface area contributed by atoms with Gasteiger partial charge in [0, 0.05) is 40.3 Å². The monoisotopic (exact) mass is 681 g/mol. The molecular formula is C47H28N4O2. The van der Waals surface area contributed by atoms with Crippen LogP contribution in [0, 0.1) is 11.3 Å². The number of rotatable bonds is 6. The van der Waals surface area contributed by atoms with Crippen LogP contribution in [0.25, 0.3) is 77.8 Å². The van der Waals surface area contributed by atoms with Gasteiger partial charge in [-0.1, -0.05) is 78.8 Å². The first kappa shape index (κ1) is 29.3. The molecule has 0 fully saturated rings. The highest BCUT2D eigenvalue weighted by Gasteiger charge is 2.19. The van der Waals surface area contributed by atoms with E-state index in [9.17, 15) is 6.63 Å². The SMILES string of the molecule is [2H]c1cc(N(c2ccc3nc(-c4ccccc4)oc3c2)c2ccc3nc(-c4ccccc4)oc3c2)cc2ccc(-c3cc(C#N)cc4ccccc34)cc12. The Morgan fingerprint density at radius 2 is 1.11 bits per heavy atom. The fourth-order valence-corrected chi connectivity index (χ4v) is 7.03. The van der Waals surface area contributed by atoms with Gasteiger partial charge in [-0.25, -0.2) is 9.97 Å². The number of hydrogen-bond donors (Lipinski definition) is 0. The topological polar surface area (TPSA) is 79.1 Å². The van der Waals surface area contributed by atoms with Crippen LogP contribution in [-0.4, -0.2) is 9.97 Å². The van der Waals surface area contributed by atoms with Crippen molar-refractivity contribution in [2.75, 3.05) is 4.90 Å². The normalized spacial score (nSPS) is 11.6. The van der Waals surface area contributed by atoms with Gasteiger partial charge in [-0.15, -0.1) is 0 Å². The van der Waals surface area contributed by atoms with Crippen LogP contribution >= 0.6 is 0 Å². The predicted molar refractivity (Wildman–Crippen MR) is 212 cm³/mol. The summed E-state index contributed by atoms with van der Waals surface area (Å²) in [6, 6.07) is 56.4. The van der Waals surface area contributed by atoms with Gasteiger partial charge >= 0.3 is 0 Å². The van der Waals surface area contributed by atoms with Crippen LogP contribution < -0.4 is 4.90 Å². The van der Waals surface area contributed by atoms with Crippen LogP contribution in [0.4, 0.5) is 17.1 Å². The van der Waals surface area contributed by atoms with E-state index in [-0.39, 0.29) is 0 Å². The summed E-state index contributed by atoms with van der Waals surface area (Å²) >= 11 is 0. The lowest BCUT2D eigenvalue weighted by atomic mass is 9.94. The van der Waals surface area contributed by atoms with Crippen molar-refractivity contribution in [3.63, 3.8) is 0 Å². The fraction of sp³-hybridized carbons (Fsp3) is 0. The minimum absolute atomic E-state index is 0.370. The molecular weight excluding hydrogens is 653 g/mol. The van der Waals surface area contributed by atoms with E-state index in [0.29, 0.717) is 34.6 Å². The molecule has 10 aromatic rings. The van der Waals surface area contributed by atoms with E-state index >= 15 is 0 Å². The van der Waals surface area contributed by atoms with Crippen LogP contribution in [-0.2, 0) is 0 Å². The molecule has 0 saturated heterocycles. The Morgan fingerprint density at radius 3 is 1.75 bits per heavy atom. The summed E-state index contributed by atoms with van der Waals surface area (Å²) in [6.07, 6.45) is 0. The largest absolute Gasteiger partial charge is 0.436 e. The molecule has 0 amide bonds. The summed E-state index contributed by atoms with van der Waals surface area (Å²) < 4.78 is 22.0. The van der Waals surface area contributed by atoms with Crippen molar-refractivity contribution in [3.8, 4) is 40.1 Å². The van der Waals surface area contributed by atoms with Crippen molar-refractivity contribution in [2.45, 2.75) is 0 Å². The first-order chi connectivity index (χ1) is 26.6. The summed E-state index contributed by atoms with van der Waals surface area (Å²) in [5.41, 5.74) is 9.54. The maximum atomic E-state index is 9.78. The number of nitriles is 1. The second-order valence-corrected chi connectivity index (χ2v) is 12.9. The molecule has 2 heterocycles. The van der Waals surface area contributed by atoms with Crippen LogP contribution in [0.3, 0.4) is 0 Å². The summed E-state index contributed by atoms with van der Waals surface area (Å²) in [5, 5.41) is 13.5. The number of aromatic nitrogens is 2. The molecule has 2 aromatic heterocycles. The van der Waals surface area contributed by atoms with Crippen molar-refractivity contribution in [1.82, 2.24) is 9.97 Å². The number of hydrogen-bond acceptors (Lipinski definition) is 6. The van der Waals surface area contributed by atoms with Gasteiger partial charge in [0.15, 0.2) is 11.2 Å². The highest BCUT2D eigenvalue weighted by molar-refractivity contribution is 6.01. The van der Waals surface area contributed by atoms with Crippen molar-refractivity contribution >= 4 is 60.8 Å². The van der Waals surface area contributed by atoms with Crippen molar-refractivity contribution < 1.29 is 10.2 Å². The highest BCUT2D eigenvalue weighted by Crippen LogP contribution is 2.41. The van der Waals surface area contributed by atoms with Gasteiger partial charge in [-0.3, -0.25) is 0 Å². The molecule has 6 nitrogen and oxygen atoms in total. The minimum Gasteiger partial charge on any atom is -0.436 e. The molecule has 0 atom stereocenters. The second-order valence-electron chi connectivity index (χ2n) is 12.9. The molecule has 0 unspecified atom stereocenters. The average Bonchev–Trinajstić information content (AvgIpc) is 3.86. The smallest absolute Gasteiger partial charge is 0.227 e. The second kappa shape index (κ2) is 12.4. The van der Waals surface area contributed by atoms with Crippen LogP contribution in [0.1, 0.15) is 6.93 Å². The zero-order valence-electron chi connectivity index (χ0n) is 29.2. The van der Waals surface area contributed by atoms with E-state index in [1.54, 1.807) is 0 Å². The fourth-order valence-electron chi connectivity index (χ4n) is 7.03. The lowest BCUT2D eigenvalue weighted by molar-refractivity contribution is 0.620. The molecule has 0 bridgehead atoms. The van der Waals surface area contributed by atoms with E-state index in [0.717, 1.165) is 71.9 Å². The van der Waals surface area contributed by atoms with Gasteiger partial charge in [0.25, 0.3) is 0 Å². The third-order valence-corrected chi connectivity index (χ3v) is 9.59. The van der Waals surface area contributed by atoms with Crippen molar-refractivity contribution in [2.24, 2.45) is 0 Å². The number of nitrogens with zero attached hydrogens (tertiary/aromatic N) is 4. The Morgan fingerprint density at radius 1 is 0.509 bits per heavy atom. The van der Waals surface area contributed by atoms with Crippen LogP contribution in [0.5, 0.6) is 0 Å². The van der Waals surface area contributed by atoms with E-state index in [2.05, 4.69) is 35.2 Å². The summed E-state index contributed by atoms with van der Waals surface area (Å²) in [4.78, 5) is 11.6. The maximum Gasteiger partial charge on any atom is 0.227 e. The van der Waals surface area contributed by atoms with Gasteiger partial charge in [-0.2, -0.15) is 5.26 Å². The molecule has 0 N–H and O–H groups in total. The van der Waals surface area contributed by atoms with Crippen LogP contribution in [0.15, 0.2) is 179 Å². The summed E-state index contributed by atoms with van der Waals surface area (Å²) in [7, 11) is 0. The maximum absolute atomic E-state index is 9.78. The summed E-state index contributed by atoms with van der Waals surface area (Å²) in [5.74, 6) is 1.10. The molecule has 10 rings (SSSR count). The molecule has 0 aliphatic carbocycles. The highest BCUT2D eigenvalue weighted by atomic mass is 16.4. The Labute approximate surface area is 305 Å². The molecule has 0 saturated carbocycles. The number of fused-ring (bicyclic) bond motifs is 4. The zero-order valence-corrected chi connectivity index (χ0v) is 28.2. The first-order valence-electron chi connectivity index (χ1n) is 17.8. The molecule has 0 spiro atoms. The Bertz CT molecular complexity index is 2970. The molecule has 53 heavy (non-hydrogen) atoms. The third-order valence-electron chi connectivity index (χ3n) is 9.59. The lowest BCUT2D eigenvalue weighted by Crippen LogP contribution is -2.09. The number of anilines is 3. The predicted octanol–water partition coefficient (Wildman–Crippen LogP) is 12.6. The Hall–Kier alpha value is -7.49. The quantitative estimate of drug-likeness (QED) is 0.174. The lowest BCUT2D eigenvalue weighted by Gasteiger charge is -2.25. The van der Waals surface area contributed by atoms with Gasteiger partial charge in [-0.05, 0) is 112 Å². The first-order valence-corrected chi connectivity index (χ1v) is 17.3. The number of oxazole rings is 2. The van der Waals surface area contributed by atoms with E-state index in [1.807, 2.05) is 140 Å². The van der Waals surface area contributed by atoms with Gasteiger partial charge in [0.1, 0.15) is 11.0 Å². The standard InChI is InChI=1S/C47H28N4O2/c48-29-30-23-35-13-7-8-14-40(35)41(24-30)36-16-15-34-26-37(18-17-33(34)25-36)51(38-19-21-42-44(27-38)52-46(49-42)31-9-3-1-4-10-31)39-20-22-43-45(28-39)53-47(50-43)32-11-5-2-6-12-32/h1-28H/i17D. The summed E-state index contributed by atoms with van der Waals surface area (Å²) in [6.45, 7) is 0. The zero-order chi connectivity index (χ0) is 36.2. The van der Waals surface area contributed by atoms with Crippen molar-refractivity contribution in [1.29, 1.82) is 5.26 Å². The average molecular weight is 682 g/mol. The van der Waals surface area contributed by atoms with E-state index in [1.165, 1.54) is 0 Å². The third kappa shape index (κ3) is 5.45. The Balaban J connectivity index is 1.12. The molecule has 6 heteroatoms. The van der Waals surface area contributed by atoms with E-state index < -0.39 is 0 Å². The molecule has 248 valence electrons. The van der Waals surface area contributed by atoms with Crippen LogP contribution in [0.2, 0.25) is 0 Å².